The zero-order valence-electron chi connectivity index (χ0n) is 11.8. The molecule has 0 aliphatic carbocycles. The van der Waals surface area contributed by atoms with Gasteiger partial charge in [0.15, 0.2) is 0 Å². The third-order valence-electron chi connectivity index (χ3n) is 3.29. The number of likely N-dealkylation sites (tertiary alicyclic amines) is 1. The Balaban J connectivity index is 2.38. The van der Waals surface area contributed by atoms with Gasteiger partial charge in [-0.2, -0.15) is 0 Å². The first-order valence-electron chi connectivity index (χ1n) is 6.81. The lowest BCUT2D eigenvalue weighted by molar-refractivity contribution is -0.133. The van der Waals surface area contributed by atoms with Crippen molar-refractivity contribution in [3.8, 4) is 0 Å². The molecule has 2 atom stereocenters. The van der Waals surface area contributed by atoms with E-state index >= 15 is 0 Å². The average Bonchev–Trinajstić information content (AvgIpc) is 2.14. The van der Waals surface area contributed by atoms with Crippen molar-refractivity contribution in [1.29, 1.82) is 0 Å². The normalized spacial score (nSPS) is 23.6. The van der Waals surface area contributed by atoms with Gasteiger partial charge in [0.25, 0.3) is 0 Å². The number of hydrogen-bond donors (Lipinski definition) is 1. The van der Waals surface area contributed by atoms with Crippen LogP contribution >= 0.6 is 0 Å². The fourth-order valence-electron chi connectivity index (χ4n) is 2.78. The van der Waals surface area contributed by atoms with Gasteiger partial charge in [0.05, 0.1) is 0 Å². The Morgan fingerprint density at radius 3 is 2.65 bits per heavy atom. The lowest BCUT2D eigenvalue weighted by Gasteiger charge is -2.32. The van der Waals surface area contributed by atoms with Gasteiger partial charge in [-0.25, -0.2) is 0 Å². The molecule has 1 heterocycles. The first kappa shape index (κ1) is 14.5. The first-order chi connectivity index (χ1) is 7.78. The maximum Gasteiger partial charge on any atom is 0.222 e. The summed E-state index contributed by atoms with van der Waals surface area (Å²) < 4.78 is 0. The van der Waals surface area contributed by atoms with Crippen molar-refractivity contribution in [1.82, 2.24) is 4.90 Å². The maximum absolute atomic E-state index is 12.1. The number of carbonyl (C=O) groups is 1. The summed E-state index contributed by atoms with van der Waals surface area (Å²) in [6.45, 7) is 10.5. The molecule has 17 heavy (non-hydrogen) atoms. The molecule has 0 aromatic rings. The average molecular weight is 240 g/mol. The van der Waals surface area contributed by atoms with E-state index in [2.05, 4.69) is 27.7 Å². The van der Waals surface area contributed by atoms with Crippen LogP contribution in [-0.2, 0) is 4.79 Å². The van der Waals surface area contributed by atoms with Crippen molar-refractivity contribution in [2.75, 3.05) is 13.1 Å². The molecular weight excluding hydrogens is 212 g/mol. The minimum atomic E-state index is 0.186. The van der Waals surface area contributed by atoms with Crippen LogP contribution in [0.25, 0.3) is 0 Å². The van der Waals surface area contributed by atoms with E-state index in [1.54, 1.807) is 0 Å². The van der Waals surface area contributed by atoms with Crippen molar-refractivity contribution < 1.29 is 4.79 Å². The summed E-state index contributed by atoms with van der Waals surface area (Å²) in [4.78, 5) is 14.1. The largest absolute Gasteiger partial charge is 0.341 e. The number of hydrogen-bond acceptors (Lipinski definition) is 2. The second-order valence-corrected chi connectivity index (χ2v) is 6.82. The second kappa shape index (κ2) is 5.85. The van der Waals surface area contributed by atoms with Crippen LogP contribution in [0.1, 0.15) is 53.4 Å². The highest BCUT2D eigenvalue weighted by molar-refractivity contribution is 5.76. The van der Waals surface area contributed by atoms with Gasteiger partial charge >= 0.3 is 0 Å². The summed E-state index contributed by atoms with van der Waals surface area (Å²) in [6.07, 6.45) is 3.88. The molecule has 2 unspecified atom stereocenters. The maximum atomic E-state index is 12.1. The van der Waals surface area contributed by atoms with Gasteiger partial charge in [-0.3, -0.25) is 4.79 Å². The number of carbonyl (C=O) groups excluding carboxylic acids is 1. The van der Waals surface area contributed by atoms with Gasteiger partial charge in [0.1, 0.15) is 0 Å². The van der Waals surface area contributed by atoms with E-state index in [1.807, 2.05) is 4.90 Å². The molecule has 3 nitrogen and oxygen atoms in total. The van der Waals surface area contributed by atoms with E-state index in [0.717, 1.165) is 32.4 Å². The molecule has 3 heteroatoms. The first-order valence-corrected chi connectivity index (χ1v) is 6.81. The van der Waals surface area contributed by atoms with E-state index < -0.39 is 0 Å². The standard InChI is InChI=1S/C14H28N2O/c1-11(9-14(2,3)4)8-13(17)16-7-5-6-12(15)10-16/h11-12H,5-10,15H2,1-4H3. The number of nitrogens with zero attached hydrogens (tertiary/aromatic N) is 1. The van der Waals surface area contributed by atoms with Crippen LogP contribution < -0.4 is 5.73 Å². The topological polar surface area (TPSA) is 46.3 Å². The highest BCUT2D eigenvalue weighted by Crippen LogP contribution is 2.26. The monoisotopic (exact) mass is 240 g/mol. The Labute approximate surface area is 106 Å². The Morgan fingerprint density at radius 1 is 1.47 bits per heavy atom. The van der Waals surface area contributed by atoms with E-state index in [-0.39, 0.29) is 11.9 Å². The van der Waals surface area contributed by atoms with Crippen LogP contribution in [0, 0.1) is 11.3 Å². The molecule has 1 rings (SSSR count). The summed E-state index contributed by atoms with van der Waals surface area (Å²) in [6, 6.07) is 0.186. The Morgan fingerprint density at radius 2 is 2.12 bits per heavy atom. The van der Waals surface area contributed by atoms with Crippen LogP contribution in [0.15, 0.2) is 0 Å². The van der Waals surface area contributed by atoms with E-state index in [9.17, 15) is 4.79 Å². The summed E-state index contributed by atoms with van der Waals surface area (Å²) in [5.74, 6) is 0.748. The quantitative estimate of drug-likeness (QED) is 0.823. The SMILES string of the molecule is CC(CC(=O)N1CCCC(N)C1)CC(C)(C)C. The summed E-state index contributed by atoms with van der Waals surface area (Å²) in [5, 5.41) is 0. The highest BCUT2D eigenvalue weighted by atomic mass is 16.2. The Kier molecular flexibility index (Phi) is 4.99. The number of amides is 1. The zero-order valence-corrected chi connectivity index (χ0v) is 11.8. The van der Waals surface area contributed by atoms with Gasteiger partial charge in [0.2, 0.25) is 5.91 Å². The van der Waals surface area contributed by atoms with Crippen molar-refractivity contribution >= 4 is 5.91 Å². The Bertz CT molecular complexity index is 257. The van der Waals surface area contributed by atoms with Crippen LogP contribution in [0.5, 0.6) is 0 Å². The molecule has 0 bridgehead atoms. The molecule has 2 N–H and O–H groups in total. The van der Waals surface area contributed by atoms with Crippen molar-refractivity contribution in [2.45, 2.75) is 59.4 Å². The predicted molar refractivity (Wildman–Crippen MR) is 71.6 cm³/mol. The molecule has 0 radical (unpaired) electrons. The van der Waals surface area contributed by atoms with E-state index in [4.69, 9.17) is 5.73 Å². The van der Waals surface area contributed by atoms with Gasteiger partial charge in [-0.1, -0.05) is 27.7 Å². The molecule has 1 saturated heterocycles. The molecule has 0 spiro atoms. The Hall–Kier alpha value is -0.570. The lowest BCUT2D eigenvalue weighted by Crippen LogP contribution is -2.46. The van der Waals surface area contributed by atoms with Gasteiger partial charge in [0, 0.05) is 25.6 Å². The smallest absolute Gasteiger partial charge is 0.222 e. The second-order valence-electron chi connectivity index (χ2n) is 6.82. The predicted octanol–water partition coefficient (Wildman–Crippen LogP) is 2.40. The highest BCUT2D eigenvalue weighted by Gasteiger charge is 2.24. The van der Waals surface area contributed by atoms with E-state index in [1.165, 1.54) is 0 Å². The van der Waals surface area contributed by atoms with Gasteiger partial charge in [-0.05, 0) is 30.6 Å². The fourth-order valence-corrected chi connectivity index (χ4v) is 2.78. The number of rotatable bonds is 3. The summed E-state index contributed by atoms with van der Waals surface area (Å²) >= 11 is 0. The summed E-state index contributed by atoms with van der Waals surface area (Å²) in [7, 11) is 0. The number of piperidine rings is 1. The summed E-state index contributed by atoms with van der Waals surface area (Å²) in [5.41, 5.74) is 6.21. The van der Waals surface area contributed by atoms with Gasteiger partial charge in [-0.15, -0.1) is 0 Å². The molecule has 0 aromatic carbocycles. The van der Waals surface area contributed by atoms with Gasteiger partial charge < -0.3 is 10.6 Å². The van der Waals surface area contributed by atoms with E-state index in [0.29, 0.717) is 17.8 Å². The van der Waals surface area contributed by atoms with Crippen LogP contribution in [0.3, 0.4) is 0 Å². The van der Waals surface area contributed by atoms with Crippen molar-refractivity contribution in [3.05, 3.63) is 0 Å². The van der Waals surface area contributed by atoms with Crippen molar-refractivity contribution in [3.63, 3.8) is 0 Å². The van der Waals surface area contributed by atoms with Crippen LogP contribution in [0.4, 0.5) is 0 Å². The molecule has 0 saturated carbocycles. The molecule has 1 aliphatic heterocycles. The fraction of sp³-hybridized carbons (Fsp3) is 0.929. The molecular formula is C14H28N2O. The minimum Gasteiger partial charge on any atom is -0.341 e. The molecule has 1 amide bonds. The number of nitrogens with two attached hydrogens (primary N) is 1. The molecule has 1 fully saturated rings. The third-order valence-corrected chi connectivity index (χ3v) is 3.29. The van der Waals surface area contributed by atoms with Crippen molar-refractivity contribution in [2.24, 2.45) is 17.1 Å². The zero-order chi connectivity index (χ0) is 13.1. The minimum absolute atomic E-state index is 0.186. The third kappa shape index (κ3) is 5.53. The lowest BCUT2D eigenvalue weighted by atomic mass is 9.84. The van der Waals surface area contributed by atoms with Crippen LogP contribution in [0.2, 0.25) is 0 Å². The van der Waals surface area contributed by atoms with Crippen LogP contribution in [-0.4, -0.2) is 29.9 Å². The molecule has 1 aliphatic rings. The molecule has 0 aromatic heterocycles. The molecule has 100 valence electrons.